The van der Waals surface area contributed by atoms with Gasteiger partial charge < -0.3 is 14.6 Å². The number of methoxy groups -OCH3 is 2. The molecule has 3 rings (SSSR count). The predicted octanol–water partition coefficient (Wildman–Crippen LogP) is 2.17. The van der Waals surface area contributed by atoms with Crippen molar-refractivity contribution in [3.05, 3.63) is 81.4 Å². The Bertz CT molecular complexity index is 1030. The molecule has 9 nitrogen and oxygen atoms in total. The number of hydrogen-bond acceptors (Lipinski definition) is 8. The molecule has 0 aliphatic heterocycles. The molecular formula is C23H22N2O7. The number of carbonyl (C=O) groups excluding carboxylic acids is 2. The highest BCUT2D eigenvalue weighted by atomic mass is 16.6. The second kappa shape index (κ2) is 9.16. The maximum atomic E-state index is 13.1. The standard InChI is InChI=1S/C23H22N2O7/c1-31-21(27)23(22(28)32-2)18(26)12-17(15-6-4-3-5-7-15)20(25(29)30)19(23)16-10-8-14(13-24)9-11-16/h3-11,17-20,26H,12H2,1-2H3/t17-,18-,19-,20-/m0/s1. The van der Waals surface area contributed by atoms with Crippen LogP contribution < -0.4 is 0 Å². The molecule has 2 aromatic carbocycles. The van der Waals surface area contributed by atoms with Crippen LogP contribution in [0.3, 0.4) is 0 Å². The number of esters is 2. The van der Waals surface area contributed by atoms with Crippen LogP contribution in [0.25, 0.3) is 0 Å². The van der Waals surface area contributed by atoms with E-state index in [2.05, 4.69) is 0 Å². The Kier molecular flexibility index (Phi) is 6.55. The molecule has 9 heteroatoms. The summed E-state index contributed by atoms with van der Waals surface area (Å²) < 4.78 is 9.75. The SMILES string of the molecule is COC(=O)C1(C(=O)OC)[C@@H](O)C[C@@H](c2ccccc2)[C@H]([N+](=O)[O-])[C@@H]1c1ccc(C#N)cc1. The van der Waals surface area contributed by atoms with Crippen LogP contribution in [0.2, 0.25) is 0 Å². The van der Waals surface area contributed by atoms with Gasteiger partial charge in [0, 0.05) is 4.92 Å². The van der Waals surface area contributed by atoms with Crippen LogP contribution >= 0.6 is 0 Å². The zero-order valence-electron chi connectivity index (χ0n) is 17.5. The highest BCUT2D eigenvalue weighted by Gasteiger charge is 2.69. The maximum absolute atomic E-state index is 13.1. The Labute approximate surface area is 184 Å². The van der Waals surface area contributed by atoms with E-state index in [1.54, 1.807) is 30.3 Å². The van der Waals surface area contributed by atoms with Crippen LogP contribution in [-0.4, -0.2) is 48.3 Å². The average molecular weight is 438 g/mol. The summed E-state index contributed by atoms with van der Waals surface area (Å²) in [5, 5.41) is 32.8. The summed E-state index contributed by atoms with van der Waals surface area (Å²) in [5.74, 6) is -4.46. The molecule has 0 amide bonds. The highest BCUT2D eigenvalue weighted by Crippen LogP contribution is 2.54. The van der Waals surface area contributed by atoms with Gasteiger partial charge in [-0.05, 0) is 29.7 Å². The number of benzene rings is 2. The molecule has 1 aliphatic carbocycles. The van der Waals surface area contributed by atoms with E-state index < -0.39 is 46.3 Å². The molecule has 166 valence electrons. The first kappa shape index (κ1) is 22.9. The van der Waals surface area contributed by atoms with Crippen molar-refractivity contribution in [1.82, 2.24) is 0 Å². The van der Waals surface area contributed by atoms with Crippen molar-refractivity contribution < 1.29 is 29.1 Å². The highest BCUT2D eigenvalue weighted by molar-refractivity contribution is 6.02. The monoisotopic (exact) mass is 438 g/mol. The molecule has 1 fully saturated rings. The molecule has 0 bridgehead atoms. The van der Waals surface area contributed by atoms with Crippen molar-refractivity contribution in [2.75, 3.05) is 14.2 Å². The zero-order chi connectivity index (χ0) is 23.5. The van der Waals surface area contributed by atoms with Crippen LogP contribution in [0.5, 0.6) is 0 Å². The van der Waals surface area contributed by atoms with Crippen molar-refractivity contribution in [3.63, 3.8) is 0 Å². The van der Waals surface area contributed by atoms with Gasteiger partial charge in [-0.1, -0.05) is 42.5 Å². The quantitative estimate of drug-likeness (QED) is 0.324. The first-order chi connectivity index (χ1) is 15.3. The second-order valence-corrected chi connectivity index (χ2v) is 7.61. The van der Waals surface area contributed by atoms with Crippen LogP contribution in [0.1, 0.15) is 34.9 Å². The van der Waals surface area contributed by atoms with E-state index in [0.717, 1.165) is 14.2 Å². The van der Waals surface area contributed by atoms with Crippen molar-refractivity contribution in [2.45, 2.75) is 30.4 Å². The van der Waals surface area contributed by atoms with E-state index in [0.29, 0.717) is 11.1 Å². The Balaban J connectivity index is 2.33. The van der Waals surface area contributed by atoms with Crippen LogP contribution in [0.4, 0.5) is 0 Å². The summed E-state index contributed by atoms with van der Waals surface area (Å²) in [6, 6.07) is 14.9. The van der Waals surface area contributed by atoms with Gasteiger partial charge in [-0.25, -0.2) is 0 Å². The lowest BCUT2D eigenvalue weighted by Crippen LogP contribution is -2.62. The molecule has 0 aromatic heterocycles. The molecule has 1 aliphatic rings. The summed E-state index contributed by atoms with van der Waals surface area (Å²) >= 11 is 0. The van der Waals surface area contributed by atoms with Gasteiger partial charge in [-0.3, -0.25) is 19.7 Å². The molecule has 0 heterocycles. The normalized spacial score (nSPS) is 24.1. The van der Waals surface area contributed by atoms with Gasteiger partial charge in [0.05, 0.1) is 43.8 Å². The fourth-order valence-corrected chi connectivity index (χ4v) is 4.75. The predicted molar refractivity (Wildman–Crippen MR) is 111 cm³/mol. The molecular weight excluding hydrogens is 416 g/mol. The van der Waals surface area contributed by atoms with Crippen molar-refractivity contribution in [2.24, 2.45) is 5.41 Å². The molecule has 1 saturated carbocycles. The number of nitro groups is 1. The lowest BCUT2D eigenvalue weighted by Gasteiger charge is -2.46. The maximum Gasteiger partial charge on any atom is 0.326 e. The molecule has 0 saturated heterocycles. The fourth-order valence-electron chi connectivity index (χ4n) is 4.75. The first-order valence-electron chi connectivity index (χ1n) is 9.86. The van der Waals surface area contributed by atoms with Crippen molar-refractivity contribution >= 4 is 11.9 Å². The summed E-state index contributed by atoms with van der Waals surface area (Å²) in [5.41, 5.74) is -1.23. The Hall–Kier alpha value is -3.77. The fraction of sp³-hybridized carbons (Fsp3) is 0.348. The number of ether oxygens (including phenoxy) is 2. The van der Waals surface area contributed by atoms with Crippen molar-refractivity contribution in [3.8, 4) is 6.07 Å². The van der Waals surface area contributed by atoms with Gasteiger partial charge >= 0.3 is 11.9 Å². The molecule has 32 heavy (non-hydrogen) atoms. The minimum Gasteiger partial charge on any atom is -0.468 e. The lowest BCUT2D eigenvalue weighted by molar-refractivity contribution is -0.538. The number of nitrogens with zero attached hydrogens (tertiary/aromatic N) is 2. The van der Waals surface area contributed by atoms with Gasteiger partial charge in [0.25, 0.3) is 0 Å². The zero-order valence-corrected chi connectivity index (χ0v) is 17.5. The number of aliphatic hydroxyl groups excluding tert-OH is 1. The number of nitriles is 1. The third-order valence-electron chi connectivity index (χ3n) is 6.16. The third kappa shape index (κ3) is 3.59. The largest absolute Gasteiger partial charge is 0.468 e. The van der Waals surface area contributed by atoms with E-state index in [1.165, 1.54) is 24.3 Å². The average Bonchev–Trinajstić information content (AvgIpc) is 2.82. The summed E-state index contributed by atoms with van der Waals surface area (Å²) in [6.07, 6.45) is -1.85. The summed E-state index contributed by atoms with van der Waals surface area (Å²) in [6.45, 7) is 0. The molecule has 0 unspecified atom stereocenters. The van der Waals surface area contributed by atoms with E-state index in [9.17, 15) is 24.8 Å². The van der Waals surface area contributed by atoms with Gasteiger partial charge in [-0.15, -0.1) is 0 Å². The number of rotatable bonds is 5. The van der Waals surface area contributed by atoms with Crippen LogP contribution in [0.15, 0.2) is 54.6 Å². The minimum atomic E-state index is -2.36. The first-order valence-corrected chi connectivity index (χ1v) is 9.86. The number of carbonyl (C=O) groups is 2. The van der Waals surface area contributed by atoms with Gasteiger partial charge in [0.1, 0.15) is 0 Å². The molecule has 4 atom stereocenters. The molecule has 0 spiro atoms. The van der Waals surface area contributed by atoms with E-state index in [1.807, 2.05) is 6.07 Å². The lowest BCUT2D eigenvalue weighted by atomic mass is 9.56. The van der Waals surface area contributed by atoms with E-state index >= 15 is 0 Å². The number of hydrogen-bond donors (Lipinski definition) is 1. The van der Waals surface area contributed by atoms with E-state index in [4.69, 9.17) is 14.7 Å². The third-order valence-corrected chi connectivity index (χ3v) is 6.16. The topological polar surface area (TPSA) is 140 Å². The van der Waals surface area contributed by atoms with E-state index in [-0.39, 0.29) is 12.0 Å². The number of aliphatic hydroxyl groups is 1. The van der Waals surface area contributed by atoms with Crippen LogP contribution in [-0.2, 0) is 19.1 Å². The second-order valence-electron chi connectivity index (χ2n) is 7.61. The van der Waals surface area contributed by atoms with Gasteiger partial charge in [0.15, 0.2) is 0 Å². The van der Waals surface area contributed by atoms with Gasteiger partial charge in [-0.2, -0.15) is 5.26 Å². The van der Waals surface area contributed by atoms with Gasteiger partial charge in [0.2, 0.25) is 11.5 Å². The molecule has 0 radical (unpaired) electrons. The smallest absolute Gasteiger partial charge is 0.326 e. The van der Waals surface area contributed by atoms with Crippen molar-refractivity contribution in [1.29, 1.82) is 5.26 Å². The minimum absolute atomic E-state index is 0.230. The Morgan fingerprint density at radius 1 is 1.06 bits per heavy atom. The molecule has 1 N–H and O–H groups in total. The Morgan fingerprint density at radius 2 is 1.62 bits per heavy atom. The summed E-state index contributed by atoms with van der Waals surface area (Å²) in [7, 11) is 2.08. The molecule has 2 aromatic rings. The van der Waals surface area contributed by atoms with Crippen LogP contribution in [0, 0.1) is 26.9 Å². The Morgan fingerprint density at radius 3 is 2.09 bits per heavy atom. The summed E-state index contributed by atoms with van der Waals surface area (Å²) in [4.78, 5) is 38.0.